The van der Waals surface area contributed by atoms with E-state index in [0.717, 1.165) is 19.4 Å². The van der Waals surface area contributed by atoms with Gasteiger partial charge in [0.1, 0.15) is 0 Å². The molecule has 98 valence electrons. The number of rotatable bonds is 9. The molecular weight excluding hydrogens is 256 g/mol. The van der Waals surface area contributed by atoms with Crippen LogP contribution in [0.3, 0.4) is 0 Å². The number of hydrogen-bond acceptors (Lipinski definition) is 4. The molecule has 0 aromatic carbocycles. The highest BCUT2D eigenvalue weighted by Crippen LogP contribution is 2.08. The normalized spacial score (nSPS) is 11.8. The van der Waals surface area contributed by atoms with Crippen LogP contribution in [0, 0.1) is 0 Å². The van der Waals surface area contributed by atoms with Crippen molar-refractivity contribution in [3.8, 4) is 0 Å². The van der Waals surface area contributed by atoms with E-state index in [2.05, 4.69) is 17.0 Å². The number of hydrogen-bond donors (Lipinski definition) is 2. The number of sulfonamides is 1. The summed E-state index contributed by atoms with van der Waals surface area (Å²) in [5.74, 6) is 0.150. The zero-order valence-corrected chi connectivity index (χ0v) is 11.7. The van der Waals surface area contributed by atoms with Crippen LogP contribution in [0.1, 0.15) is 18.2 Å². The van der Waals surface area contributed by atoms with Gasteiger partial charge in [-0.05, 0) is 30.8 Å². The topological polar surface area (TPSA) is 58.2 Å². The molecule has 0 radical (unpaired) electrons. The maximum Gasteiger partial charge on any atom is 0.212 e. The number of nitrogens with one attached hydrogen (secondary N) is 2. The lowest BCUT2D eigenvalue weighted by atomic mass is 10.3. The van der Waals surface area contributed by atoms with Crippen molar-refractivity contribution in [1.82, 2.24) is 10.0 Å². The van der Waals surface area contributed by atoms with Gasteiger partial charge in [0.2, 0.25) is 10.0 Å². The van der Waals surface area contributed by atoms with E-state index >= 15 is 0 Å². The molecule has 0 saturated heterocycles. The van der Waals surface area contributed by atoms with E-state index in [-0.39, 0.29) is 5.75 Å². The molecule has 0 unspecified atom stereocenters. The van der Waals surface area contributed by atoms with Crippen LogP contribution in [-0.4, -0.2) is 33.8 Å². The summed E-state index contributed by atoms with van der Waals surface area (Å²) in [5.41, 5.74) is 0. The van der Waals surface area contributed by atoms with Crippen molar-refractivity contribution in [2.45, 2.75) is 19.8 Å². The Balaban J connectivity index is 2.16. The van der Waals surface area contributed by atoms with E-state index in [1.54, 1.807) is 11.3 Å². The largest absolute Gasteiger partial charge is 0.316 e. The molecule has 1 heterocycles. The first-order valence-electron chi connectivity index (χ1n) is 5.84. The van der Waals surface area contributed by atoms with Gasteiger partial charge >= 0.3 is 0 Å². The van der Waals surface area contributed by atoms with Crippen LogP contribution in [0.25, 0.3) is 0 Å². The zero-order chi connectivity index (χ0) is 12.6. The predicted octanol–water partition coefficient (Wildman–Crippen LogP) is 1.21. The van der Waals surface area contributed by atoms with Crippen LogP contribution in [0.2, 0.25) is 0 Å². The van der Waals surface area contributed by atoms with Gasteiger partial charge in [-0.1, -0.05) is 13.0 Å². The maximum atomic E-state index is 11.6. The van der Waals surface area contributed by atoms with E-state index in [1.165, 1.54) is 4.88 Å². The van der Waals surface area contributed by atoms with Crippen LogP contribution in [0.15, 0.2) is 17.5 Å². The van der Waals surface area contributed by atoms with Crippen LogP contribution in [0.5, 0.6) is 0 Å². The predicted molar refractivity (Wildman–Crippen MR) is 73.0 cm³/mol. The second kappa shape index (κ2) is 7.81. The Morgan fingerprint density at radius 3 is 2.76 bits per heavy atom. The fourth-order valence-corrected chi connectivity index (χ4v) is 3.04. The average molecular weight is 276 g/mol. The fraction of sp³-hybridized carbons (Fsp3) is 0.636. The van der Waals surface area contributed by atoms with Crippen LogP contribution in [0.4, 0.5) is 0 Å². The summed E-state index contributed by atoms with van der Waals surface area (Å²) < 4.78 is 25.8. The molecule has 2 N–H and O–H groups in total. The summed E-state index contributed by atoms with van der Waals surface area (Å²) >= 11 is 1.65. The molecule has 0 aliphatic carbocycles. The molecule has 0 amide bonds. The van der Waals surface area contributed by atoms with Crippen molar-refractivity contribution < 1.29 is 8.42 Å². The molecule has 6 heteroatoms. The minimum absolute atomic E-state index is 0.150. The Kier molecular flexibility index (Phi) is 6.72. The molecule has 1 aromatic heterocycles. The van der Waals surface area contributed by atoms with Gasteiger partial charge in [0.25, 0.3) is 0 Å². The minimum Gasteiger partial charge on any atom is -0.316 e. The smallest absolute Gasteiger partial charge is 0.212 e. The average Bonchev–Trinajstić information content (AvgIpc) is 2.77. The Morgan fingerprint density at radius 2 is 2.12 bits per heavy atom. The molecule has 0 fully saturated rings. The van der Waals surface area contributed by atoms with E-state index in [0.29, 0.717) is 13.1 Å². The van der Waals surface area contributed by atoms with Gasteiger partial charge in [0, 0.05) is 18.0 Å². The van der Waals surface area contributed by atoms with Gasteiger partial charge in [-0.3, -0.25) is 0 Å². The zero-order valence-electron chi connectivity index (χ0n) is 10.1. The molecule has 0 bridgehead atoms. The van der Waals surface area contributed by atoms with Crippen molar-refractivity contribution in [2.24, 2.45) is 0 Å². The summed E-state index contributed by atoms with van der Waals surface area (Å²) in [6.07, 6.45) is 1.78. The highest BCUT2D eigenvalue weighted by molar-refractivity contribution is 7.89. The SMILES string of the molecule is CCCNCCS(=O)(=O)NCCc1cccs1. The summed E-state index contributed by atoms with van der Waals surface area (Å²) in [7, 11) is -3.12. The second-order valence-electron chi connectivity index (χ2n) is 3.79. The Labute approximate surface area is 107 Å². The van der Waals surface area contributed by atoms with E-state index in [9.17, 15) is 8.42 Å². The molecule has 1 aromatic rings. The highest BCUT2D eigenvalue weighted by Gasteiger charge is 2.08. The lowest BCUT2D eigenvalue weighted by molar-refractivity contribution is 0.576. The van der Waals surface area contributed by atoms with Crippen LogP contribution < -0.4 is 10.0 Å². The monoisotopic (exact) mass is 276 g/mol. The first-order chi connectivity index (χ1) is 8.14. The van der Waals surface area contributed by atoms with Gasteiger partial charge in [-0.2, -0.15) is 0 Å². The van der Waals surface area contributed by atoms with Crippen LogP contribution >= 0.6 is 11.3 Å². The Bertz CT molecular complexity index is 388. The molecule has 0 spiro atoms. The van der Waals surface area contributed by atoms with E-state index in [1.807, 2.05) is 17.5 Å². The third kappa shape index (κ3) is 6.78. The summed E-state index contributed by atoms with van der Waals surface area (Å²) in [6, 6.07) is 3.99. The molecule has 4 nitrogen and oxygen atoms in total. The molecular formula is C11H20N2O2S2. The van der Waals surface area contributed by atoms with Crippen LogP contribution in [-0.2, 0) is 16.4 Å². The second-order valence-corrected chi connectivity index (χ2v) is 6.75. The highest BCUT2D eigenvalue weighted by atomic mass is 32.2. The quantitative estimate of drug-likeness (QED) is 0.667. The van der Waals surface area contributed by atoms with Gasteiger partial charge in [0.05, 0.1) is 5.75 Å². The molecule has 0 aliphatic rings. The molecule has 0 aliphatic heterocycles. The summed E-state index contributed by atoms with van der Waals surface area (Å²) in [4.78, 5) is 1.21. The lowest BCUT2D eigenvalue weighted by Crippen LogP contribution is -2.33. The van der Waals surface area contributed by atoms with Gasteiger partial charge in [-0.15, -0.1) is 11.3 Å². The van der Waals surface area contributed by atoms with E-state index in [4.69, 9.17) is 0 Å². The first-order valence-corrected chi connectivity index (χ1v) is 8.37. The van der Waals surface area contributed by atoms with Crippen molar-refractivity contribution in [3.63, 3.8) is 0 Å². The third-order valence-electron chi connectivity index (χ3n) is 2.25. The first kappa shape index (κ1) is 14.6. The van der Waals surface area contributed by atoms with Gasteiger partial charge in [0.15, 0.2) is 0 Å². The molecule has 0 atom stereocenters. The molecule has 0 saturated carbocycles. The third-order valence-corrected chi connectivity index (χ3v) is 4.57. The summed E-state index contributed by atoms with van der Waals surface area (Å²) in [5, 5.41) is 5.08. The molecule has 1 rings (SSSR count). The summed E-state index contributed by atoms with van der Waals surface area (Å²) in [6.45, 7) is 3.92. The van der Waals surface area contributed by atoms with Gasteiger partial charge in [-0.25, -0.2) is 13.1 Å². The molecule has 17 heavy (non-hydrogen) atoms. The Hall–Kier alpha value is -0.430. The van der Waals surface area contributed by atoms with E-state index < -0.39 is 10.0 Å². The van der Waals surface area contributed by atoms with Crippen molar-refractivity contribution in [2.75, 3.05) is 25.4 Å². The Morgan fingerprint density at radius 1 is 1.29 bits per heavy atom. The standard InChI is InChI=1S/C11H20N2O2S2/c1-2-6-12-8-10-17(14,15)13-7-5-11-4-3-9-16-11/h3-4,9,12-13H,2,5-8,10H2,1H3. The van der Waals surface area contributed by atoms with Gasteiger partial charge < -0.3 is 5.32 Å². The van der Waals surface area contributed by atoms with Crippen molar-refractivity contribution in [3.05, 3.63) is 22.4 Å². The van der Waals surface area contributed by atoms with Crippen molar-refractivity contribution >= 4 is 21.4 Å². The number of thiophene rings is 1. The lowest BCUT2D eigenvalue weighted by Gasteiger charge is -2.06. The maximum absolute atomic E-state index is 11.6. The minimum atomic E-state index is -3.12. The fourth-order valence-electron chi connectivity index (χ4n) is 1.37. The van der Waals surface area contributed by atoms with Crippen molar-refractivity contribution in [1.29, 1.82) is 0 Å².